The van der Waals surface area contributed by atoms with Crippen molar-refractivity contribution in [2.45, 2.75) is 13.5 Å². The van der Waals surface area contributed by atoms with E-state index in [9.17, 15) is 14.0 Å². The molecule has 0 fully saturated rings. The zero-order valence-electron chi connectivity index (χ0n) is 12.1. The average Bonchev–Trinajstić information content (AvgIpc) is 2.50. The predicted molar refractivity (Wildman–Crippen MR) is 90.8 cm³/mol. The zero-order chi connectivity index (χ0) is 17.0. The standard InChI is InChI=1S/C16H13BrClFN2O2/c1-9-2-3-10(6-13(9)19)8-20-15(22)16(23)21-14-5-4-11(17)7-12(14)18/h2-7H,8H2,1H3,(H,20,22)(H,21,23). The summed E-state index contributed by atoms with van der Waals surface area (Å²) in [5.74, 6) is -2.03. The molecule has 0 aliphatic heterocycles. The zero-order valence-corrected chi connectivity index (χ0v) is 14.5. The molecule has 2 aromatic rings. The van der Waals surface area contributed by atoms with Gasteiger partial charge in [0.1, 0.15) is 5.82 Å². The van der Waals surface area contributed by atoms with E-state index in [1.165, 1.54) is 6.07 Å². The van der Waals surface area contributed by atoms with Crippen LogP contribution >= 0.6 is 27.5 Å². The summed E-state index contributed by atoms with van der Waals surface area (Å²) in [6, 6.07) is 9.48. The summed E-state index contributed by atoms with van der Waals surface area (Å²) in [5.41, 5.74) is 1.41. The third kappa shape index (κ3) is 4.77. The Morgan fingerprint density at radius 1 is 1.17 bits per heavy atom. The van der Waals surface area contributed by atoms with E-state index in [2.05, 4.69) is 26.6 Å². The van der Waals surface area contributed by atoms with Gasteiger partial charge in [0.25, 0.3) is 0 Å². The number of hydrogen-bond acceptors (Lipinski definition) is 2. The van der Waals surface area contributed by atoms with Gasteiger partial charge in [0.15, 0.2) is 0 Å². The maximum absolute atomic E-state index is 13.4. The van der Waals surface area contributed by atoms with Crippen molar-refractivity contribution in [3.63, 3.8) is 0 Å². The topological polar surface area (TPSA) is 58.2 Å². The Morgan fingerprint density at radius 2 is 1.91 bits per heavy atom. The molecule has 0 unspecified atom stereocenters. The molecular weight excluding hydrogens is 387 g/mol. The van der Waals surface area contributed by atoms with Crippen LogP contribution in [-0.4, -0.2) is 11.8 Å². The molecule has 0 atom stereocenters. The van der Waals surface area contributed by atoms with Crippen LogP contribution in [0, 0.1) is 12.7 Å². The number of carbonyl (C=O) groups is 2. The molecule has 23 heavy (non-hydrogen) atoms. The average molecular weight is 400 g/mol. The van der Waals surface area contributed by atoms with Gasteiger partial charge in [-0.3, -0.25) is 9.59 Å². The van der Waals surface area contributed by atoms with Gasteiger partial charge in [-0.15, -0.1) is 0 Å². The van der Waals surface area contributed by atoms with E-state index in [0.717, 1.165) is 4.47 Å². The number of rotatable bonds is 3. The summed E-state index contributed by atoms with van der Waals surface area (Å²) in [6.45, 7) is 1.70. The monoisotopic (exact) mass is 398 g/mol. The highest BCUT2D eigenvalue weighted by Crippen LogP contribution is 2.25. The molecule has 0 saturated carbocycles. The van der Waals surface area contributed by atoms with Crippen molar-refractivity contribution in [2.24, 2.45) is 0 Å². The van der Waals surface area contributed by atoms with Crippen molar-refractivity contribution in [3.8, 4) is 0 Å². The van der Waals surface area contributed by atoms with Gasteiger partial charge in [-0.2, -0.15) is 0 Å². The fourth-order valence-electron chi connectivity index (χ4n) is 1.78. The molecule has 0 aliphatic carbocycles. The van der Waals surface area contributed by atoms with Gasteiger partial charge in [0.05, 0.1) is 10.7 Å². The maximum atomic E-state index is 13.4. The highest BCUT2D eigenvalue weighted by atomic mass is 79.9. The lowest BCUT2D eigenvalue weighted by atomic mass is 10.1. The summed E-state index contributed by atoms with van der Waals surface area (Å²) < 4.78 is 14.2. The number of hydrogen-bond donors (Lipinski definition) is 2. The van der Waals surface area contributed by atoms with Crippen molar-refractivity contribution in [2.75, 3.05) is 5.32 Å². The number of benzene rings is 2. The van der Waals surface area contributed by atoms with Crippen LogP contribution in [0.1, 0.15) is 11.1 Å². The third-order valence-corrected chi connectivity index (χ3v) is 3.88. The number of aryl methyl sites for hydroxylation is 1. The summed E-state index contributed by atoms with van der Waals surface area (Å²) in [5, 5.41) is 5.15. The lowest BCUT2D eigenvalue weighted by Gasteiger charge is -2.08. The van der Waals surface area contributed by atoms with Crippen LogP contribution in [0.3, 0.4) is 0 Å². The molecule has 2 amide bonds. The quantitative estimate of drug-likeness (QED) is 0.771. The van der Waals surface area contributed by atoms with E-state index >= 15 is 0 Å². The number of halogens is 3. The molecule has 0 aromatic heterocycles. The maximum Gasteiger partial charge on any atom is 0.313 e. The summed E-state index contributed by atoms with van der Waals surface area (Å²) in [4.78, 5) is 23.6. The van der Waals surface area contributed by atoms with E-state index in [-0.39, 0.29) is 12.4 Å². The Kier molecular flexibility index (Phi) is 5.74. The van der Waals surface area contributed by atoms with Crippen molar-refractivity contribution in [1.29, 1.82) is 0 Å². The van der Waals surface area contributed by atoms with Crippen molar-refractivity contribution >= 4 is 45.0 Å². The number of nitrogens with one attached hydrogen (secondary N) is 2. The van der Waals surface area contributed by atoms with Crippen molar-refractivity contribution in [3.05, 3.63) is 62.8 Å². The van der Waals surface area contributed by atoms with Gasteiger partial charge in [-0.25, -0.2) is 4.39 Å². The first-order chi connectivity index (χ1) is 10.9. The molecule has 0 aliphatic rings. The fourth-order valence-corrected chi connectivity index (χ4v) is 2.50. The number of carbonyl (C=O) groups excluding carboxylic acids is 2. The van der Waals surface area contributed by atoms with E-state index < -0.39 is 11.8 Å². The number of amides is 2. The minimum Gasteiger partial charge on any atom is -0.344 e. The van der Waals surface area contributed by atoms with E-state index in [4.69, 9.17) is 11.6 Å². The first-order valence-electron chi connectivity index (χ1n) is 6.66. The van der Waals surface area contributed by atoms with Gasteiger partial charge < -0.3 is 10.6 Å². The minimum atomic E-state index is -0.846. The highest BCUT2D eigenvalue weighted by Gasteiger charge is 2.15. The Morgan fingerprint density at radius 3 is 2.57 bits per heavy atom. The molecular formula is C16H13BrClFN2O2. The Bertz CT molecular complexity index is 768. The molecule has 0 saturated heterocycles. The first kappa shape index (κ1) is 17.4. The molecule has 4 nitrogen and oxygen atoms in total. The normalized spacial score (nSPS) is 10.3. The van der Waals surface area contributed by atoms with Crippen LogP contribution in [0.2, 0.25) is 5.02 Å². The second-order valence-electron chi connectivity index (χ2n) is 4.84. The van der Waals surface area contributed by atoms with Crippen LogP contribution in [0.4, 0.5) is 10.1 Å². The smallest absolute Gasteiger partial charge is 0.313 e. The fraction of sp³-hybridized carbons (Fsp3) is 0.125. The summed E-state index contributed by atoms with van der Waals surface area (Å²) >= 11 is 9.21. The van der Waals surface area contributed by atoms with E-state index in [1.54, 1.807) is 37.3 Å². The molecule has 0 bridgehead atoms. The van der Waals surface area contributed by atoms with Crippen molar-refractivity contribution < 1.29 is 14.0 Å². The molecule has 0 spiro atoms. The summed E-state index contributed by atoms with van der Waals surface area (Å²) in [6.07, 6.45) is 0. The first-order valence-corrected chi connectivity index (χ1v) is 7.83. The lowest BCUT2D eigenvalue weighted by molar-refractivity contribution is -0.136. The van der Waals surface area contributed by atoms with Crippen LogP contribution in [0.5, 0.6) is 0 Å². The lowest BCUT2D eigenvalue weighted by Crippen LogP contribution is -2.35. The largest absolute Gasteiger partial charge is 0.344 e. The molecule has 2 rings (SSSR count). The molecule has 2 aromatic carbocycles. The number of anilines is 1. The Labute approximate surface area is 146 Å². The van der Waals surface area contributed by atoms with Crippen LogP contribution < -0.4 is 10.6 Å². The highest BCUT2D eigenvalue weighted by molar-refractivity contribution is 9.10. The molecule has 2 N–H and O–H groups in total. The van der Waals surface area contributed by atoms with E-state index in [0.29, 0.717) is 21.8 Å². The predicted octanol–water partition coefficient (Wildman–Crippen LogP) is 3.80. The van der Waals surface area contributed by atoms with Gasteiger partial charge >= 0.3 is 11.8 Å². The SMILES string of the molecule is Cc1ccc(CNC(=O)C(=O)Nc2ccc(Br)cc2Cl)cc1F. The van der Waals surface area contributed by atoms with Crippen LogP contribution in [-0.2, 0) is 16.1 Å². The van der Waals surface area contributed by atoms with Gasteiger partial charge in [-0.05, 0) is 42.3 Å². The van der Waals surface area contributed by atoms with Gasteiger partial charge in [0.2, 0.25) is 0 Å². The van der Waals surface area contributed by atoms with Crippen molar-refractivity contribution in [1.82, 2.24) is 5.32 Å². The second-order valence-corrected chi connectivity index (χ2v) is 6.17. The second kappa shape index (κ2) is 7.57. The van der Waals surface area contributed by atoms with Gasteiger partial charge in [0, 0.05) is 11.0 Å². The molecule has 0 heterocycles. The molecule has 120 valence electrons. The minimum absolute atomic E-state index is 0.0531. The Balaban J connectivity index is 1.94. The Hall–Kier alpha value is -1.92. The summed E-state index contributed by atoms with van der Waals surface area (Å²) in [7, 11) is 0. The van der Waals surface area contributed by atoms with Gasteiger partial charge in [-0.1, -0.05) is 39.7 Å². The molecule has 7 heteroatoms. The van der Waals surface area contributed by atoms with Crippen LogP contribution in [0.15, 0.2) is 40.9 Å². The molecule has 0 radical (unpaired) electrons. The third-order valence-electron chi connectivity index (χ3n) is 3.07. The van der Waals surface area contributed by atoms with E-state index in [1.807, 2.05) is 0 Å². The van der Waals surface area contributed by atoms with Crippen LogP contribution in [0.25, 0.3) is 0 Å².